The van der Waals surface area contributed by atoms with Crippen LogP contribution in [-0.4, -0.2) is 34.7 Å². The van der Waals surface area contributed by atoms with E-state index in [1.165, 1.54) is 6.92 Å². The zero-order valence-corrected chi connectivity index (χ0v) is 11.7. The van der Waals surface area contributed by atoms with Crippen LogP contribution in [0.1, 0.15) is 39.0 Å². The maximum absolute atomic E-state index is 9.82. The summed E-state index contributed by atoms with van der Waals surface area (Å²) in [5, 5.41) is 6.98. The molecule has 0 fully saturated rings. The molecule has 0 bridgehead atoms. The fourth-order valence-corrected chi connectivity index (χ4v) is 1.87. The maximum Gasteiger partial charge on any atom is 0.302 e. The van der Waals surface area contributed by atoms with Gasteiger partial charge < -0.3 is 10.5 Å². The minimum atomic E-state index is -0.211. The van der Waals surface area contributed by atoms with Crippen LogP contribution in [0.15, 0.2) is 0 Å². The lowest BCUT2D eigenvalue weighted by Crippen LogP contribution is -2.32. The Kier molecular flexibility index (Phi) is 4.34. The number of nitrogens with one attached hydrogen (secondary N) is 1. The fourth-order valence-electron chi connectivity index (χ4n) is 1.87. The molecule has 0 saturated heterocycles. The van der Waals surface area contributed by atoms with Gasteiger partial charge in [-0.05, 0) is 27.8 Å². The van der Waals surface area contributed by atoms with E-state index in [0.717, 1.165) is 17.8 Å². The van der Waals surface area contributed by atoms with E-state index >= 15 is 0 Å². The van der Waals surface area contributed by atoms with Crippen molar-refractivity contribution in [3.05, 3.63) is 11.3 Å². The lowest BCUT2D eigenvalue weighted by Gasteiger charge is -2.27. The molecule has 102 valence electrons. The number of nitrogens with two attached hydrogens (primary N) is 1. The Morgan fingerprint density at radius 2 is 2.22 bits per heavy atom. The number of esters is 1. The number of rotatable bonds is 1. The summed E-state index contributed by atoms with van der Waals surface area (Å²) >= 11 is 0. The number of hydrogen-bond acceptors (Lipinski definition) is 5. The molecule has 1 aliphatic rings. The molecule has 6 nitrogen and oxygen atoms in total. The zero-order chi connectivity index (χ0) is 13.9. The van der Waals surface area contributed by atoms with Gasteiger partial charge in [0.05, 0.1) is 17.8 Å². The van der Waals surface area contributed by atoms with Crippen molar-refractivity contribution >= 4 is 11.8 Å². The van der Waals surface area contributed by atoms with E-state index in [9.17, 15) is 4.79 Å². The number of aromatic amines is 1. The van der Waals surface area contributed by atoms with Gasteiger partial charge in [0.15, 0.2) is 0 Å². The molecule has 6 heteroatoms. The molecule has 0 aromatic carbocycles. The van der Waals surface area contributed by atoms with E-state index in [0.29, 0.717) is 12.4 Å². The van der Waals surface area contributed by atoms with Crippen molar-refractivity contribution in [2.45, 2.75) is 39.8 Å². The van der Waals surface area contributed by atoms with Crippen molar-refractivity contribution in [2.75, 3.05) is 19.4 Å². The number of ether oxygens (including phenoxy) is 1. The number of nitrogens with zero attached hydrogens (tertiary/aromatic N) is 2. The van der Waals surface area contributed by atoms with Crippen molar-refractivity contribution in [2.24, 2.45) is 0 Å². The first-order valence-electron chi connectivity index (χ1n) is 5.98. The monoisotopic (exact) mass is 254 g/mol. The molecule has 2 heterocycles. The third-order valence-electron chi connectivity index (χ3n) is 3.21. The topological polar surface area (TPSA) is 84.2 Å². The highest BCUT2D eigenvalue weighted by Crippen LogP contribution is 2.37. The number of fused-ring (bicyclic) bond motifs is 1. The SMILES string of the molecule is CCOC(C)=O.CN1Cc2c(N)n[nH]c2C1(C)C. The van der Waals surface area contributed by atoms with Gasteiger partial charge in [0.25, 0.3) is 0 Å². The molecule has 0 spiro atoms. The Balaban J connectivity index is 0.000000232. The van der Waals surface area contributed by atoms with Gasteiger partial charge in [0, 0.05) is 19.0 Å². The Labute approximate surface area is 107 Å². The van der Waals surface area contributed by atoms with Crippen molar-refractivity contribution in [1.29, 1.82) is 0 Å². The van der Waals surface area contributed by atoms with E-state index in [4.69, 9.17) is 5.73 Å². The van der Waals surface area contributed by atoms with Crippen LogP contribution >= 0.6 is 0 Å². The third-order valence-corrected chi connectivity index (χ3v) is 3.21. The summed E-state index contributed by atoms with van der Waals surface area (Å²) in [6, 6.07) is 0. The molecular formula is C12H22N4O2. The average Bonchev–Trinajstić information content (AvgIpc) is 2.71. The van der Waals surface area contributed by atoms with Gasteiger partial charge in [-0.3, -0.25) is 14.8 Å². The van der Waals surface area contributed by atoms with Crippen LogP contribution in [0.4, 0.5) is 5.82 Å². The summed E-state index contributed by atoms with van der Waals surface area (Å²) in [6.07, 6.45) is 0. The van der Waals surface area contributed by atoms with Crippen molar-refractivity contribution in [3.8, 4) is 0 Å². The molecule has 0 aliphatic carbocycles. The number of carbonyl (C=O) groups excluding carboxylic acids is 1. The number of carbonyl (C=O) groups is 1. The molecule has 1 aromatic rings. The number of nitrogen functional groups attached to an aromatic ring is 1. The second-order valence-corrected chi connectivity index (χ2v) is 4.80. The first-order chi connectivity index (χ1) is 8.30. The molecule has 18 heavy (non-hydrogen) atoms. The minimum absolute atomic E-state index is 0.0416. The van der Waals surface area contributed by atoms with Crippen molar-refractivity contribution in [3.63, 3.8) is 0 Å². The minimum Gasteiger partial charge on any atom is -0.466 e. The summed E-state index contributed by atoms with van der Waals surface area (Å²) in [6.45, 7) is 8.87. The van der Waals surface area contributed by atoms with Crippen LogP contribution in [0.2, 0.25) is 0 Å². The Hall–Kier alpha value is -1.56. The van der Waals surface area contributed by atoms with Crippen LogP contribution in [0.3, 0.4) is 0 Å². The summed E-state index contributed by atoms with van der Waals surface area (Å²) in [4.78, 5) is 12.1. The quantitative estimate of drug-likeness (QED) is 0.737. The van der Waals surface area contributed by atoms with Crippen molar-refractivity contribution in [1.82, 2.24) is 15.1 Å². The summed E-state index contributed by atoms with van der Waals surface area (Å²) < 4.78 is 4.40. The second-order valence-electron chi connectivity index (χ2n) is 4.80. The zero-order valence-electron chi connectivity index (χ0n) is 11.7. The predicted molar refractivity (Wildman–Crippen MR) is 69.8 cm³/mol. The number of hydrogen-bond donors (Lipinski definition) is 2. The van der Waals surface area contributed by atoms with Gasteiger partial charge in [-0.1, -0.05) is 0 Å². The standard InChI is InChI=1S/C8H14N4.C4H8O2/c1-8(2)6-5(4-12(8)3)7(9)11-10-6;1-3-6-4(2)5/h4H2,1-3H3,(H3,9,10,11);3H2,1-2H3. The van der Waals surface area contributed by atoms with E-state index in [1.54, 1.807) is 6.92 Å². The highest BCUT2D eigenvalue weighted by molar-refractivity contribution is 5.65. The molecule has 0 saturated carbocycles. The molecular weight excluding hydrogens is 232 g/mol. The van der Waals surface area contributed by atoms with Gasteiger partial charge in [0.1, 0.15) is 5.82 Å². The van der Waals surface area contributed by atoms with Crippen LogP contribution in [0.25, 0.3) is 0 Å². The molecule has 2 rings (SSSR count). The molecule has 0 amide bonds. The summed E-state index contributed by atoms with van der Waals surface area (Å²) in [5.41, 5.74) is 8.06. The van der Waals surface area contributed by atoms with Gasteiger partial charge in [0.2, 0.25) is 0 Å². The van der Waals surface area contributed by atoms with Crippen LogP contribution < -0.4 is 5.73 Å². The maximum atomic E-state index is 9.82. The number of anilines is 1. The molecule has 0 atom stereocenters. The van der Waals surface area contributed by atoms with Crippen LogP contribution in [0.5, 0.6) is 0 Å². The lowest BCUT2D eigenvalue weighted by atomic mass is 10.0. The Morgan fingerprint density at radius 3 is 2.61 bits per heavy atom. The third kappa shape index (κ3) is 2.81. The number of H-pyrrole nitrogens is 1. The molecule has 0 unspecified atom stereocenters. The van der Waals surface area contributed by atoms with E-state index in [2.05, 4.69) is 40.7 Å². The predicted octanol–water partition coefficient (Wildman–Crippen LogP) is 1.24. The first-order valence-corrected chi connectivity index (χ1v) is 5.98. The normalized spacial score (nSPS) is 16.7. The van der Waals surface area contributed by atoms with Gasteiger partial charge in [-0.25, -0.2) is 0 Å². The van der Waals surface area contributed by atoms with E-state index in [-0.39, 0.29) is 11.5 Å². The summed E-state index contributed by atoms with van der Waals surface area (Å²) in [7, 11) is 2.09. The van der Waals surface area contributed by atoms with Gasteiger partial charge >= 0.3 is 5.97 Å². The smallest absolute Gasteiger partial charge is 0.302 e. The molecule has 3 N–H and O–H groups in total. The van der Waals surface area contributed by atoms with Gasteiger partial charge in [-0.2, -0.15) is 5.10 Å². The second kappa shape index (κ2) is 5.39. The fraction of sp³-hybridized carbons (Fsp3) is 0.667. The molecule has 0 radical (unpaired) electrons. The van der Waals surface area contributed by atoms with E-state index in [1.807, 2.05) is 0 Å². The van der Waals surface area contributed by atoms with Crippen LogP contribution in [-0.2, 0) is 21.6 Å². The highest BCUT2D eigenvalue weighted by atomic mass is 16.5. The highest BCUT2D eigenvalue weighted by Gasteiger charge is 2.37. The van der Waals surface area contributed by atoms with E-state index < -0.39 is 0 Å². The average molecular weight is 254 g/mol. The van der Waals surface area contributed by atoms with Crippen LogP contribution in [0, 0.1) is 0 Å². The summed E-state index contributed by atoms with van der Waals surface area (Å²) in [5.74, 6) is 0.430. The van der Waals surface area contributed by atoms with Crippen molar-refractivity contribution < 1.29 is 9.53 Å². The Bertz CT molecular complexity index is 426. The molecule has 1 aromatic heterocycles. The lowest BCUT2D eigenvalue weighted by molar-refractivity contribution is -0.140. The largest absolute Gasteiger partial charge is 0.466 e. The Morgan fingerprint density at radius 1 is 1.61 bits per heavy atom. The van der Waals surface area contributed by atoms with Gasteiger partial charge in [-0.15, -0.1) is 0 Å². The molecule has 1 aliphatic heterocycles. The number of aromatic nitrogens is 2. The first kappa shape index (κ1) is 14.5.